The maximum atomic E-state index is 12.4. The predicted molar refractivity (Wildman–Crippen MR) is 104 cm³/mol. The normalized spacial score (nSPS) is 10.6. The number of nitrogens with one attached hydrogen (secondary N) is 1. The van der Waals surface area contributed by atoms with Gasteiger partial charge in [0.05, 0.1) is 5.56 Å². The second-order valence-electron chi connectivity index (χ2n) is 6.26. The highest BCUT2D eigenvalue weighted by Crippen LogP contribution is 2.20. The van der Waals surface area contributed by atoms with Gasteiger partial charge in [0, 0.05) is 25.8 Å². The molecule has 7 nitrogen and oxygen atoms in total. The average molecular weight is 381 g/mol. The molecule has 1 amide bonds. The first-order chi connectivity index (χ1) is 13.7. The van der Waals surface area contributed by atoms with E-state index in [9.17, 15) is 4.79 Å². The number of hydrogen-bond acceptors (Lipinski definition) is 6. The van der Waals surface area contributed by atoms with E-state index in [0.29, 0.717) is 36.2 Å². The minimum atomic E-state index is -0.197. The van der Waals surface area contributed by atoms with Crippen LogP contribution in [0.4, 0.5) is 0 Å². The summed E-state index contributed by atoms with van der Waals surface area (Å²) in [6.45, 7) is 3.22. The molecule has 28 heavy (non-hydrogen) atoms. The van der Waals surface area contributed by atoms with Crippen LogP contribution in [0.2, 0.25) is 0 Å². The maximum absolute atomic E-state index is 12.4. The first-order valence-electron chi connectivity index (χ1n) is 9.06. The molecule has 146 valence electrons. The molecule has 3 rings (SSSR count). The molecule has 0 bridgehead atoms. The summed E-state index contributed by atoms with van der Waals surface area (Å²) >= 11 is 0. The van der Waals surface area contributed by atoms with Gasteiger partial charge in [-0.2, -0.15) is 4.98 Å². The zero-order valence-electron chi connectivity index (χ0n) is 16.0. The molecule has 1 aromatic heterocycles. The summed E-state index contributed by atoms with van der Waals surface area (Å²) in [5.74, 6) is 1.10. The van der Waals surface area contributed by atoms with Crippen molar-refractivity contribution in [2.24, 2.45) is 0 Å². The Morgan fingerprint density at radius 1 is 1.14 bits per heavy atom. The fourth-order valence-corrected chi connectivity index (χ4v) is 2.57. The molecule has 2 aromatic carbocycles. The van der Waals surface area contributed by atoms with Gasteiger partial charge in [-0.1, -0.05) is 47.1 Å². The number of methoxy groups -OCH3 is 1. The van der Waals surface area contributed by atoms with Gasteiger partial charge in [-0.3, -0.25) is 4.79 Å². The number of nitrogens with zero attached hydrogens (tertiary/aromatic N) is 2. The van der Waals surface area contributed by atoms with E-state index in [1.54, 1.807) is 25.3 Å². The molecule has 0 aliphatic carbocycles. The number of aromatic nitrogens is 2. The van der Waals surface area contributed by atoms with Crippen molar-refractivity contribution in [3.05, 3.63) is 65.5 Å². The molecule has 0 unspecified atom stereocenters. The third kappa shape index (κ3) is 5.17. The first-order valence-corrected chi connectivity index (χ1v) is 9.06. The quantitative estimate of drug-likeness (QED) is 0.572. The zero-order chi connectivity index (χ0) is 19.8. The lowest BCUT2D eigenvalue weighted by molar-refractivity contribution is 0.0943. The molecule has 0 fully saturated rings. The third-order valence-corrected chi connectivity index (χ3v) is 4.07. The highest BCUT2D eigenvalue weighted by molar-refractivity contribution is 5.96. The summed E-state index contributed by atoms with van der Waals surface area (Å²) in [7, 11) is 1.63. The zero-order valence-corrected chi connectivity index (χ0v) is 16.0. The van der Waals surface area contributed by atoms with E-state index in [-0.39, 0.29) is 12.5 Å². The van der Waals surface area contributed by atoms with Crippen LogP contribution in [0.1, 0.15) is 28.2 Å². The largest absolute Gasteiger partial charge is 0.483 e. The van der Waals surface area contributed by atoms with Gasteiger partial charge < -0.3 is 19.3 Å². The van der Waals surface area contributed by atoms with E-state index in [1.807, 2.05) is 37.3 Å². The van der Waals surface area contributed by atoms with E-state index in [0.717, 1.165) is 17.5 Å². The number of para-hydroxylation sites is 1. The summed E-state index contributed by atoms with van der Waals surface area (Å²) in [6.07, 6.45) is 0.745. The number of carbonyl (C=O) groups is 1. The molecule has 0 radical (unpaired) electrons. The molecule has 0 saturated heterocycles. The molecule has 7 heteroatoms. The van der Waals surface area contributed by atoms with Crippen LogP contribution >= 0.6 is 0 Å². The van der Waals surface area contributed by atoms with Crippen molar-refractivity contribution in [1.82, 2.24) is 15.5 Å². The van der Waals surface area contributed by atoms with Gasteiger partial charge in [0.15, 0.2) is 6.61 Å². The summed E-state index contributed by atoms with van der Waals surface area (Å²) < 4.78 is 16.0. The molecule has 1 N–H and O–H groups in total. The molecule has 0 aliphatic rings. The second kappa shape index (κ2) is 9.66. The highest BCUT2D eigenvalue weighted by atomic mass is 16.5. The van der Waals surface area contributed by atoms with Crippen molar-refractivity contribution in [2.75, 3.05) is 20.3 Å². The van der Waals surface area contributed by atoms with E-state index < -0.39 is 0 Å². The van der Waals surface area contributed by atoms with Gasteiger partial charge in [0.2, 0.25) is 5.82 Å². The number of aryl methyl sites for hydroxylation is 1. The minimum Gasteiger partial charge on any atom is -0.483 e. The van der Waals surface area contributed by atoms with Crippen molar-refractivity contribution in [1.29, 1.82) is 0 Å². The van der Waals surface area contributed by atoms with Crippen LogP contribution in [0.15, 0.2) is 53.1 Å². The lowest BCUT2D eigenvalue weighted by Gasteiger charge is -2.10. The maximum Gasteiger partial charge on any atom is 0.264 e. The summed E-state index contributed by atoms with van der Waals surface area (Å²) in [5, 5.41) is 6.84. The smallest absolute Gasteiger partial charge is 0.264 e. The number of amides is 1. The lowest BCUT2D eigenvalue weighted by atomic mass is 10.1. The number of ether oxygens (including phenoxy) is 2. The van der Waals surface area contributed by atoms with Crippen LogP contribution < -0.4 is 10.1 Å². The molecule has 0 spiro atoms. The number of hydrogen-bond donors (Lipinski definition) is 1. The Hall–Kier alpha value is -3.19. The van der Waals surface area contributed by atoms with Crippen LogP contribution in [0.3, 0.4) is 0 Å². The summed E-state index contributed by atoms with van der Waals surface area (Å²) in [5.41, 5.74) is 2.49. The average Bonchev–Trinajstić information content (AvgIpc) is 3.19. The summed E-state index contributed by atoms with van der Waals surface area (Å²) in [6, 6.07) is 14.9. The topological polar surface area (TPSA) is 86.5 Å². The molecule has 0 saturated carbocycles. The van der Waals surface area contributed by atoms with Gasteiger partial charge >= 0.3 is 0 Å². The fraction of sp³-hybridized carbons (Fsp3) is 0.286. The van der Waals surface area contributed by atoms with Crippen LogP contribution in [0, 0.1) is 6.92 Å². The lowest BCUT2D eigenvalue weighted by Crippen LogP contribution is -2.25. The molecule has 1 heterocycles. The Bertz CT molecular complexity index is 906. The van der Waals surface area contributed by atoms with Crippen LogP contribution in [0.5, 0.6) is 5.75 Å². The van der Waals surface area contributed by atoms with E-state index in [1.165, 1.54) is 0 Å². The van der Waals surface area contributed by atoms with E-state index in [2.05, 4.69) is 15.5 Å². The number of carbonyl (C=O) groups excluding carboxylic acids is 1. The SMILES string of the molecule is COCCCNC(=O)c1ccccc1OCc1nc(-c2ccc(C)cc2)no1. The van der Waals surface area contributed by atoms with E-state index >= 15 is 0 Å². The Morgan fingerprint density at radius 3 is 2.71 bits per heavy atom. The number of benzene rings is 2. The summed E-state index contributed by atoms with van der Waals surface area (Å²) in [4.78, 5) is 16.7. The van der Waals surface area contributed by atoms with Crippen LogP contribution in [-0.2, 0) is 11.3 Å². The Labute approximate surface area is 163 Å². The molecular weight excluding hydrogens is 358 g/mol. The fourth-order valence-electron chi connectivity index (χ4n) is 2.57. The van der Waals surface area contributed by atoms with Crippen molar-refractivity contribution in [3.8, 4) is 17.1 Å². The number of rotatable bonds is 9. The third-order valence-electron chi connectivity index (χ3n) is 4.07. The van der Waals surface area contributed by atoms with Crippen molar-refractivity contribution < 1.29 is 18.8 Å². The second-order valence-corrected chi connectivity index (χ2v) is 6.26. The van der Waals surface area contributed by atoms with Crippen molar-refractivity contribution >= 4 is 5.91 Å². The molecule has 0 atom stereocenters. The Balaban J connectivity index is 1.62. The highest BCUT2D eigenvalue weighted by Gasteiger charge is 2.14. The van der Waals surface area contributed by atoms with Gasteiger partial charge in [-0.25, -0.2) is 0 Å². The van der Waals surface area contributed by atoms with Crippen LogP contribution in [-0.4, -0.2) is 36.3 Å². The van der Waals surface area contributed by atoms with E-state index in [4.69, 9.17) is 14.0 Å². The molecule has 3 aromatic rings. The molecule has 0 aliphatic heterocycles. The molecular formula is C21H23N3O4. The van der Waals surface area contributed by atoms with Crippen LogP contribution in [0.25, 0.3) is 11.4 Å². The first kappa shape index (κ1) is 19.6. The standard InChI is InChI=1S/C21H23N3O4/c1-15-8-10-16(11-9-15)20-23-19(28-24-20)14-27-18-7-4-3-6-17(18)21(25)22-12-5-13-26-2/h3-4,6-11H,5,12-14H2,1-2H3,(H,22,25). The minimum absolute atomic E-state index is 0.0762. The Kier molecular flexibility index (Phi) is 6.75. The monoisotopic (exact) mass is 381 g/mol. The van der Waals surface area contributed by atoms with Gasteiger partial charge in [0.25, 0.3) is 11.8 Å². The van der Waals surface area contributed by atoms with Crippen molar-refractivity contribution in [3.63, 3.8) is 0 Å². The van der Waals surface area contributed by atoms with Gasteiger partial charge in [-0.05, 0) is 25.5 Å². The van der Waals surface area contributed by atoms with Crippen molar-refractivity contribution in [2.45, 2.75) is 20.0 Å². The van der Waals surface area contributed by atoms with Gasteiger partial charge in [-0.15, -0.1) is 0 Å². The predicted octanol–water partition coefficient (Wildman–Crippen LogP) is 3.39. The van der Waals surface area contributed by atoms with Gasteiger partial charge in [0.1, 0.15) is 5.75 Å². The Morgan fingerprint density at radius 2 is 1.93 bits per heavy atom.